The van der Waals surface area contributed by atoms with Crippen LogP contribution < -0.4 is 15.0 Å². The standard InChI is InChI=1S/C20H20FN3O4S2/c1-28-17-9-5-3-7-14(17)22-19(25)10-24(16-8-4-2-6-13(16)21)20-23-15-11-30(26,27)12-18(15)29-20/h2-9,15,18H,10-12H2,1H3,(H,22,25)/t15-,18-/m0/s1. The van der Waals surface area contributed by atoms with E-state index in [4.69, 9.17) is 4.74 Å². The number of aliphatic imine (C=N–C) groups is 1. The Kier molecular flexibility index (Phi) is 5.70. The summed E-state index contributed by atoms with van der Waals surface area (Å²) in [5, 5.41) is 3.01. The highest BCUT2D eigenvalue weighted by Crippen LogP contribution is 2.37. The fourth-order valence-electron chi connectivity index (χ4n) is 3.48. The van der Waals surface area contributed by atoms with Crippen LogP contribution in [-0.2, 0) is 14.6 Å². The zero-order valence-electron chi connectivity index (χ0n) is 16.1. The van der Waals surface area contributed by atoms with E-state index in [2.05, 4.69) is 10.3 Å². The number of benzene rings is 2. The molecule has 10 heteroatoms. The van der Waals surface area contributed by atoms with Crippen LogP contribution in [0.4, 0.5) is 15.8 Å². The minimum absolute atomic E-state index is 0.0211. The minimum Gasteiger partial charge on any atom is -0.495 e. The fraction of sp³-hybridized carbons (Fsp3) is 0.300. The largest absolute Gasteiger partial charge is 0.495 e. The molecule has 0 radical (unpaired) electrons. The van der Waals surface area contributed by atoms with Crippen LogP contribution in [0, 0.1) is 5.82 Å². The zero-order valence-corrected chi connectivity index (χ0v) is 17.7. The number of thioether (sulfide) groups is 1. The first-order chi connectivity index (χ1) is 14.4. The van der Waals surface area contributed by atoms with E-state index in [0.29, 0.717) is 16.6 Å². The molecule has 1 saturated heterocycles. The molecule has 2 aromatic rings. The van der Waals surface area contributed by atoms with Gasteiger partial charge in [-0.2, -0.15) is 0 Å². The van der Waals surface area contributed by atoms with Gasteiger partial charge in [0.2, 0.25) is 5.91 Å². The number of amides is 1. The Morgan fingerprint density at radius 2 is 1.97 bits per heavy atom. The third-order valence-corrected chi connectivity index (χ3v) is 8.11. The van der Waals surface area contributed by atoms with Gasteiger partial charge in [0.1, 0.15) is 18.1 Å². The summed E-state index contributed by atoms with van der Waals surface area (Å²) in [5.41, 5.74) is 0.712. The van der Waals surface area contributed by atoms with Gasteiger partial charge in [-0.05, 0) is 24.3 Å². The van der Waals surface area contributed by atoms with Gasteiger partial charge >= 0.3 is 0 Å². The Morgan fingerprint density at radius 1 is 1.23 bits per heavy atom. The molecular weight excluding hydrogens is 429 g/mol. The second-order valence-corrected chi connectivity index (χ2v) is 10.4. The maximum atomic E-state index is 14.5. The van der Waals surface area contributed by atoms with Crippen molar-refractivity contribution in [2.45, 2.75) is 11.3 Å². The third-order valence-electron chi connectivity index (χ3n) is 4.86. The predicted molar refractivity (Wildman–Crippen MR) is 117 cm³/mol. The van der Waals surface area contributed by atoms with Crippen molar-refractivity contribution < 1.29 is 22.3 Å². The van der Waals surface area contributed by atoms with E-state index in [1.165, 1.54) is 29.8 Å². The lowest BCUT2D eigenvalue weighted by Crippen LogP contribution is -2.37. The van der Waals surface area contributed by atoms with E-state index in [9.17, 15) is 17.6 Å². The van der Waals surface area contributed by atoms with Crippen molar-refractivity contribution >= 4 is 44.0 Å². The van der Waals surface area contributed by atoms with Crippen molar-refractivity contribution in [3.63, 3.8) is 0 Å². The summed E-state index contributed by atoms with van der Waals surface area (Å²) in [6.45, 7) is -0.184. The molecule has 0 aliphatic carbocycles. The number of sulfone groups is 1. The second kappa shape index (κ2) is 8.27. The van der Waals surface area contributed by atoms with Crippen LogP contribution in [0.25, 0.3) is 0 Å². The van der Waals surface area contributed by atoms with Crippen LogP contribution in [0.15, 0.2) is 53.5 Å². The molecule has 7 nitrogen and oxygen atoms in total. The van der Waals surface area contributed by atoms with E-state index in [-0.39, 0.29) is 40.9 Å². The predicted octanol–water partition coefficient (Wildman–Crippen LogP) is 2.55. The molecule has 2 atom stereocenters. The number of hydrogen-bond acceptors (Lipinski definition) is 7. The summed E-state index contributed by atoms with van der Waals surface area (Å²) in [7, 11) is -1.61. The number of nitrogens with one attached hydrogen (secondary N) is 1. The van der Waals surface area contributed by atoms with E-state index >= 15 is 0 Å². The van der Waals surface area contributed by atoms with E-state index < -0.39 is 15.7 Å². The van der Waals surface area contributed by atoms with Crippen molar-refractivity contribution in [1.82, 2.24) is 0 Å². The number of halogens is 1. The van der Waals surface area contributed by atoms with Crippen LogP contribution in [0.1, 0.15) is 0 Å². The first-order valence-corrected chi connectivity index (χ1v) is 12.0. The molecule has 1 amide bonds. The maximum Gasteiger partial charge on any atom is 0.244 e. The van der Waals surface area contributed by atoms with Crippen LogP contribution in [-0.4, -0.2) is 55.9 Å². The lowest BCUT2D eigenvalue weighted by atomic mass is 10.2. The number of fused-ring (bicyclic) bond motifs is 1. The fourth-order valence-corrected chi connectivity index (χ4v) is 7.25. The smallest absolute Gasteiger partial charge is 0.244 e. The SMILES string of the molecule is COc1ccccc1NC(=O)CN(C1=N[C@H]2CS(=O)(=O)C[C@@H]2S1)c1ccccc1F. The quantitative estimate of drug-likeness (QED) is 0.755. The monoisotopic (exact) mass is 449 g/mol. The highest BCUT2D eigenvalue weighted by molar-refractivity contribution is 8.15. The zero-order chi connectivity index (χ0) is 21.3. The van der Waals surface area contributed by atoms with E-state index in [1.807, 2.05) is 0 Å². The first kappa shape index (κ1) is 20.7. The van der Waals surface area contributed by atoms with Crippen molar-refractivity contribution in [1.29, 1.82) is 0 Å². The molecule has 1 fully saturated rings. The molecule has 0 spiro atoms. The minimum atomic E-state index is -3.11. The van der Waals surface area contributed by atoms with Gasteiger partial charge in [0.05, 0.1) is 36.0 Å². The molecule has 2 aliphatic heterocycles. The third kappa shape index (κ3) is 4.29. The molecule has 1 N–H and O–H groups in total. The van der Waals surface area contributed by atoms with Gasteiger partial charge in [0.25, 0.3) is 0 Å². The average Bonchev–Trinajstić information content (AvgIpc) is 3.20. The number of anilines is 2. The number of rotatable bonds is 5. The highest BCUT2D eigenvalue weighted by atomic mass is 32.2. The summed E-state index contributed by atoms with van der Waals surface area (Å²) < 4.78 is 43.5. The Hall–Kier alpha value is -2.59. The van der Waals surface area contributed by atoms with Gasteiger partial charge in [-0.25, -0.2) is 12.8 Å². The van der Waals surface area contributed by atoms with Crippen molar-refractivity contribution in [3.8, 4) is 5.75 Å². The van der Waals surface area contributed by atoms with Gasteiger partial charge in [-0.3, -0.25) is 9.79 Å². The van der Waals surface area contributed by atoms with Gasteiger partial charge in [-0.1, -0.05) is 36.0 Å². The van der Waals surface area contributed by atoms with Crippen molar-refractivity contribution in [3.05, 3.63) is 54.3 Å². The summed E-state index contributed by atoms with van der Waals surface area (Å²) in [6.07, 6.45) is 0. The number of carbonyl (C=O) groups is 1. The maximum absolute atomic E-state index is 14.5. The molecule has 4 rings (SSSR count). The lowest BCUT2D eigenvalue weighted by Gasteiger charge is -2.24. The van der Waals surface area contributed by atoms with Gasteiger partial charge in [0.15, 0.2) is 15.0 Å². The molecular formula is C20H20FN3O4S2. The summed E-state index contributed by atoms with van der Waals surface area (Å²) in [6, 6.07) is 12.7. The summed E-state index contributed by atoms with van der Waals surface area (Å²) in [5.74, 6) is -0.345. The number of nitrogens with zero attached hydrogens (tertiary/aromatic N) is 2. The number of methoxy groups -OCH3 is 1. The number of para-hydroxylation sites is 3. The second-order valence-electron chi connectivity index (χ2n) is 7.00. The average molecular weight is 450 g/mol. The van der Waals surface area contributed by atoms with E-state index in [1.54, 1.807) is 42.5 Å². The number of ether oxygens (including phenoxy) is 1. The summed E-state index contributed by atoms with van der Waals surface area (Å²) in [4.78, 5) is 18.8. The van der Waals surface area contributed by atoms with Crippen molar-refractivity contribution in [2.24, 2.45) is 4.99 Å². The molecule has 0 aromatic heterocycles. The highest BCUT2D eigenvalue weighted by Gasteiger charge is 2.44. The Morgan fingerprint density at radius 3 is 2.70 bits per heavy atom. The lowest BCUT2D eigenvalue weighted by molar-refractivity contribution is -0.114. The topological polar surface area (TPSA) is 88.1 Å². The summed E-state index contributed by atoms with van der Waals surface area (Å²) >= 11 is 1.28. The van der Waals surface area contributed by atoms with Gasteiger partial charge in [0, 0.05) is 5.25 Å². The van der Waals surface area contributed by atoms with Gasteiger partial charge in [-0.15, -0.1) is 0 Å². The number of carbonyl (C=O) groups excluding carboxylic acids is 1. The number of hydrogen-bond donors (Lipinski definition) is 1. The number of amidine groups is 1. The van der Waals surface area contributed by atoms with E-state index in [0.717, 1.165) is 0 Å². The molecule has 2 heterocycles. The molecule has 2 aromatic carbocycles. The molecule has 0 unspecified atom stereocenters. The molecule has 0 saturated carbocycles. The van der Waals surface area contributed by atoms with Crippen LogP contribution in [0.2, 0.25) is 0 Å². The first-order valence-electron chi connectivity index (χ1n) is 9.26. The Labute approximate surface area is 178 Å². The Bertz CT molecular complexity index is 1110. The molecule has 30 heavy (non-hydrogen) atoms. The van der Waals surface area contributed by atoms with Gasteiger partial charge < -0.3 is 15.0 Å². The Balaban J connectivity index is 1.59. The van der Waals surface area contributed by atoms with Crippen LogP contribution in [0.3, 0.4) is 0 Å². The molecule has 0 bridgehead atoms. The molecule has 158 valence electrons. The van der Waals surface area contributed by atoms with Crippen LogP contribution >= 0.6 is 11.8 Å². The van der Waals surface area contributed by atoms with Crippen molar-refractivity contribution in [2.75, 3.05) is 35.4 Å². The van der Waals surface area contributed by atoms with Crippen LogP contribution in [0.5, 0.6) is 5.75 Å². The normalized spacial score (nSPS) is 21.6. The molecule has 2 aliphatic rings.